The van der Waals surface area contributed by atoms with Crippen LogP contribution in [0, 0.1) is 0 Å². The molecule has 0 fully saturated rings. The van der Waals surface area contributed by atoms with Crippen LogP contribution in [0.4, 0.5) is 0 Å². The molecule has 2 N–H and O–H groups in total. The second-order valence-corrected chi connectivity index (χ2v) is 9.38. The molecule has 0 saturated heterocycles. The van der Waals surface area contributed by atoms with Gasteiger partial charge >= 0.3 is 0 Å². The van der Waals surface area contributed by atoms with Crippen molar-refractivity contribution in [2.75, 3.05) is 0 Å². The topological polar surface area (TPSA) is 24.1 Å². The molecule has 2 heteroatoms. The fourth-order valence-electron chi connectivity index (χ4n) is 3.44. The normalized spacial score (nSPS) is 14.8. The molecular weight excluding hydrogens is 316 g/mol. The van der Waals surface area contributed by atoms with Crippen LogP contribution in [0.3, 0.4) is 0 Å². The minimum Gasteiger partial charge on any atom is -0.307 e. The van der Waals surface area contributed by atoms with Crippen LogP contribution in [0.1, 0.15) is 52.7 Å². The number of hydrogen-bond donors (Lipinski definition) is 2. The Morgan fingerprint density at radius 1 is 0.577 bits per heavy atom. The number of nitrogens with one attached hydrogen (secondary N) is 2. The maximum Gasteiger partial charge on any atom is 0.0269 e. The van der Waals surface area contributed by atoms with Gasteiger partial charge in [0.1, 0.15) is 0 Å². The summed E-state index contributed by atoms with van der Waals surface area (Å²) in [6.45, 7) is 13.5. The monoisotopic (exact) mass is 352 g/mol. The molecule has 0 unspecified atom stereocenters. The van der Waals surface area contributed by atoms with E-state index in [4.69, 9.17) is 0 Å². The minimum atomic E-state index is 0.0634. The van der Waals surface area contributed by atoms with Gasteiger partial charge in [0.2, 0.25) is 0 Å². The largest absolute Gasteiger partial charge is 0.307 e. The van der Waals surface area contributed by atoms with Gasteiger partial charge in [0, 0.05) is 23.2 Å². The summed E-state index contributed by atoms with van der Waals surface area (Å²) in [6, 6.07) is 22.3. The third kappa shape index (κ3) is 7.72. The average molecular weight is 353 g/mol. The first-order valence-electron chi connectivity index (χ1n) is 9.76. The molecule has 2 rings (SSSR count). The lowest BCUT2D eigenvalue weighted by Crippen LogP contribution is -2.59. The Hall–Kier alpha value is -1.64. The Labute approximate surface area is 160 Å². The van der Waals surface area contributed by atoms with E-state index in [1.165, 1.54) is 11.1 Å². The van der Waals surface area contributed by atoms with Crippen molar-refractivity contribution in [1.29, 1.82) is 0 Å². The predicted molar refractivity (Wildman–Crippen MR) is 114 cm³/mol. The molecule has 0 aliphatic rings. The summed E-state index contributed by atoms with van der Waals surface area (Å²) < 4.78 is 0. The minimum absolute atomic E-state index is 0.0634. The highest BCUT2D eigenvalue weighted by molar-refractivity contribution is 5.20. The second kappa shape index (κ2) is 8.83. The summed E-state index contributed by atoms with van der Waals surface area (Å²) in [5, 5.41) is 7.77. The highest BCUT2D eigenvalue weighted by atomic mass is 15.1. The molecular formula is C24H36N2. The molecule has 0 radical (unpaired) electrons. The van der Waals surface area contributed by atoms with E-state index in [2.05, 4.69) is 113 Å². The summed E-state index contributed by atoms with van der Waals surface area (Å²) in [6.07, 6.45) is 2.03. The van der Waals surface area contributed by atoms with Crippen LogP contribution >= 0.6 is 0 Å². The van der Waals surface area contributed by atoms with E-state index in [0.29, 0.717) is 12.1 Å². The zero-order valence-electron chi connectivity index (χ0n) is 17.3. The summed E-state index contributed by atoms with van der Waals surface area (Å²) in [4.78, 5) is 0. The first-order valence-corrected chi connectivity index (χ1v) is 9.76. The smallest absolute Gasteiger partial charge is 0.0269 e. The van der Waals surface area contributed by atoms with Crippen LogP contribution < -0.4 is 10.6 Å². The van der Waals surface area contributed by atoms with Crippen LogP contribution in [0.25, 0.3) is 0 Å². The van der Waals surface area contributed by atoms with Crippen molar-refractivity contribution >= 4 is 0 Å². The Morgan fingerprint density at radius 2 is 0.885 bits per heavy atom. The molecule has 2 aromatic carbocycles. The molecule has 0 aliphatic heterocycles. The van der Waals surface area contributed by atoms with Gasteiger partial charge in [-0.2, -0.15) is 0 Å². The Balaban J connectivity index is 2.28. The van der Waals surface area contributed by atoms with Crippen LogP contribution in [0.5, 0.6) is 0 Å². The van der Waals surface area contributed by atoms with Crippen molar-refractivity contribution in [2.45, 2.75) is 77.5 Å². The molecule has 0 amide bonds. The molecule has 2 atom stereocenters. The Kier molecular flexibility index (Phi) is 7.02. The molecule has 0 spiro atoms. The van der Waals surface area contributed by atoms with Gasteiger partial charge in [-0.05, 0) is 65.5 Å². The maximum absolute atomic E-state index is 3.89. The fourth-order valence-corrected chi connectivity index (χ4v) is 3.44. The van der Waals surface area contributed by atoms with Gasteiger partial charge in [-0.15, -0.1) is 0 Å². The van der Waals surface area contributed by atoms with Gasteiger partial charge in [-0.1, -0.05) is 60.7 Å². The van der Waals surface area contributed by atoms with Crippen molar-refractivity contribution < 1.29 is 0 Å². The van der Waals surface area contributed by atoms with E-state index < -0.39 is 0 Å². The summed E-state index contributed by atoms with van der Waals surface area (Å²) in [5.74, 6) is 0. The Bertz CT molecular complexity index is 576. The molecule has 2 aromatic rings. The van der Waals surface area contributed by atoms with Crippen molar-refractivity contribution in [1.82, 2.24) is 10.6 Å². The van der Waals surface area contributed by atoms with E-state index in [1.54, 1.807) is 0 Å². The van der Waals surface area contributed by atoms with Crippen LogP contribution in [-0.2, 0) is 12.8 Å². The zero-order chi connectivity index (χ0) is 19.2. The first kappa shape index (κ1) is 20.7. The van der Waals surface area contributed by atoms with Crippen molar-refractivity contribution in [3.05, 3.63) is 71.8 Å². The van der Waals surface area contributed by atoms with Gasteiger partial charge in [0.05, 0.1) is 0 Å². The summed E-state index contributed by atoms with van der Waals surface area (Å²) in [5.41, 5.74) is 2.88. The number of rotatable bonds is 7. The van der Waals surface area contributed by atoms with Gasteiger partial charge in [0.25, 0.3) is 0 Å². The highest BCUT2D eigenvalue weighted by Crippen LogP contribution is 2.17. The molecule has 0 bridgehead atoms. The van der Waals surface area contributed by atoms with E-state index in [1.807, 2.05) is 0 Å². The van der Waals surface area contributed by atoms with Crippen molar-refractivity contribution in [3.63, 3.8) is 0 Å². The Morgan fingerprint density at radius 3 is 1.15 bits per heavy atom. The summed E-state index contributed by atoms with van der Waals surface area (Å²) in [7, 11) is 0. The van der Waals surface area contributed by atoms with Gasteiger partial charge in [-0.25, -0.2) is 0 Å². The molecule has 0 aliphatic carbocycles. The highest BCUT2D eigenvalue weighted by Gasteiger charge is 2.28. The standard InChI is InChI=1S/C24H36N2/c1-23(2,3)25-21(17-19-13-9-7-10-14-19)22(26-24(4,5)6)18-20-15-11-8-12-16-20/h7-16,21-22,25-26H,17-18H2,1-6H3/t21-,22-/m0/s1. The maximum atomic E-state index is 3.89. The average Bonchev–Trinajstić information content (AvgIpc) is 2.53. The van der Waals surface area contributed by atoms with Crippen LogP contribution in [0.2, 0.25) is 0 Å². The van der Waals surface area contributed by atoms with E-state index in [0.717, 1.165) is 12.8 Å². The first-order chi connectivity index (χ1) is 12.1. The van der Waals surface area contributed by atoms with E-state index in [9.17, 15) is 0 Å². The summed E-state index contributed by atoms with van der Waals surface area (Å²) >= 11 is 0. The predicted octanol–water partition coefficient (Wildman–Crippen LogP) is 4.99. The van der Waals surface area contributed by atoms with E-state index >= 15 is 0 Å². The molecule has 2 nitrogen and oxygen atoms in total. The zero-order valence-corrected chi connectivity index (χ0v) is 17.3. The molecule has 0 aromatic heterocycles. The third-order valence-electron chi connectivity index (χ3n) is 4.32. The van der Waals surface area contributed by atoms with Gasteiger partial charge in [0.15, 0.2) is 0 Å². The SMILES string of the molecule is CC(C)(C)N[C@@H](Cc1ccccc1)[C@H](Cc1ccccc1)NC(C)(C)C. The second-order valence-electron chi connectivity index (χ2n) is 9.38. The molecule has 0 saturated carbocycles. The van der Waals surface area contributed by atoms with Crippen molar-refractivity contribution in [3.8, 4) is 0 Å². The molecule has 0 heterocycles. The third-order valence-corrected chi connectivity index (χ3v) is 4.32. The number of benzene rings is 2. The molecule has 26 heavy (non-hydrogen) atoms. The lowest BCUT2D eigenvalue weighted by molar-refractivity contribution is 0.251. The van der Waals surface area contributed by atoms with Crippen LogP contribution in [-0.4, -0.2) is 23.2 Å². The van der Waals surface area contributed by atoms with Gasteiger partial charge in [-0.3, -0.25) is 0 Å². The lowest BCUT2D eigenvalue weighted by Gasteiger charge is -2.38. The van der Waals surface area contributed by atoms with Gasteiger partial charge < -0.3 is 10.6 Å². The number of hydrogen-bond acceptors (Lipinski definition) is 2. The molecule has 142 valence electrons. The van der Waals surface area contributed by atoms with E-state index in [-0.39, 0.29) is 11.1 Å². The lowest BCUT2D eigenvalue weighted by atomic mass is 9.90. The fraction of sp³-hybridized carbons (Fsp3) is 0.500. The quantitative estimate of drug-likeness (QED) is 0.734. The van der Waals surface area contributed by atoms with Crippen molar-refractivity contribution in [2.24, 2.45) is 0 Å². The van der Waals surface area contributed by atoms with Crippen LogP contribution in [0.15, 0.2) is 60.7 Å².